The largest absolute Gasteiger partial charge is 0.419 e. The Morgan fingerprint density at radius 1 is 0.800 bits per heavy atom. The Hall–Kier alpha value is 0.932. The Balaban J connectivity index is 0. The molecule has 20 heavy (non-hydrogen) atoms. The van der Waals surface area contributed by atoms with E-state index in [0.717, 1.165) is 0 Å². The molecule has 0 aliphatic carbocycles. The van der Waals surface area contributed by atoms with Crippen LogP contribution in [0.15, 0.2) is 9.98 Å². The van der Waals surface area contributed by atoms with Crippen LogP contribution in [0.3, 0.4) is 0 Å². The molecule has 0 atom stereocenters. The zero-order valence-electron chi connectivity index (χ0n) is 11.1. The fraction of sp³-hybridized carbons (Fsp3) is 0.333. The van der Waals surface area contributed by atoms with E-state index in [1.807, 2.05) is 0 Å². The Morgan fingerprint density at radius 3 is 1.55 bits per heavy atom. The second kappa shape index (κ2) is 12.5. The Labute approximate surface area is 191 Å². The van der Waals surface area contributed by atoms with Crippen molar-refractivity contribution in [2.24, 2.45) is 9.98 Å². The van der Waals surface area contributed by atoms with Gasteiger partial charge in [0.1, 0.15) is 11.2 Å². The van der Waals surface area contributed by atoms with E-state index in [-0.39, 0.29) is 98.1 Å². The number of hydrogen-bond acceptors (Lipinski definition) is 6. The third-order valence-electron chi connectivity index (χ3n) is 1.95. The van der Waals surface area contributed by atoms with Gasteiger partial charge in [-0.1, -0.05) is 0 Å². The summed E-state index contributed by atoms with van der Waals surface area (Å²) in [6, 6.07) is 0. The van der Waals surface area contributed by atoms with Crippen molar-refractivity contribution < 1.29 is 98.1 Å². The van der Waals surface area contributed by atoms with Gasteiger partial charge in [0.25, 0.3) is 0 Å². The fourth-order valence-electron chi connectivity index (χ4n) is 1.17. The number of rotatable bonds is 2. The van der Waals surface area contributed by atoms with Gasteiger partial charge in [0.2, 0.25) is 0 Å². The van der Waals surface area contributed by atoms with Gasteiger partial charge in [-0.25, -0.2) is 0 Å². The molecule has 2 aromatic rings. The smallest absolute Gasteiger partial charge is 0.109 e. The maximum absolute atomic E-state index is 3.96. The molecule has 2 rings (SSSR count). The molecule has 0 fully saturated rings. The quantitative estimate of drug-likeness (QED) is 0.477. The van der Waals surface area contributed by atoms with Gasteiger partial charge in [-0.2, -0.15) is 0 Å². The molecule has 2 aromatic heterocycles. The minimum atomic E-state index is 0. The van der Waals surface area contributed by atoms with Gasteiger partial charge >= 0.3 is 0 Å². The van der Waals surface area contributed by atoms with E-state index >= 15 is 0 Å². The average molecular weight is 497 g/mol. The summed E-state index contributed by atoms with van der Waals surface area (Å²) < 4.78 is 0. The normalized spacial score (nSPS) is 11.1. The number of nitrogens with zero attached hydrogens (tertiary/aromatic N) is 6. The minimum absolute atomic E-state index is 0. The summed E-state index contributed by atoms with van der Waals surface area (Å²) in [4.78, 5) is 29.2. The number of hydrogen-bond donors (Lipinski definition) is 2. The van der Waals surface area contributed by atoms with E-state index in [0.29, 0.717) is 29.3 Å². The fourth-order valence-corrected chi connectivity index (χ4v) is 1.17. The first-order chi connectivity index (χ1) is 8.31. The van der Waals surface area contributed by atoms with Crippen molar-refractivity contribution in [2.75, 3.05) is 14.1 Å². The van der Waals surface area contributed by atoms with Crippen LogP contribution < -0.4 is 11.2 Å². The zero-order chi connectivity index (χ0) is 12.1. The van der Waals surface area contributed by atoms with Gasteiger partial charge in [-0.3, -0.25) is 0 Å². The standard InChI is InChI=1S/C9H10N8.3Y/c1-10-8-14-4-12-6(16-8)3-7-13-5-15-9(11-2)17-7;;;/h3H2,1-2H3,(H,10,12,14,16)(H,11,13,15,17);;;/q-2;;;. The van der Waals surface area contributed by atoms with Crippen LogP contribution in [0, 0.1) is 12.7 Å². The van der Waals surface area contributed by atoms with Crippen LogP contribution in [0.5, 0.6) is 0 Å². The van der Waals surface area contributed by atoms with Crippen LogP contribution in [0.1, 0.15) is 11.6 Å². The molecule has 8 nitrogen and oxygen atoms in total. The molecule has 0 aromatic carbocycles. The van der Waals surface area contributed by atoms with Gasteiger partial charge in [0.05, 0.1) is 0 Å². The monoisotopic (exact) mass is 497 g/mol. The van der Waals surface area contributed by atoms with Gasteiger partial charge in [-0.15, -0.1) is 0 Å². The Bertz CT molecular complexity index is 580. The van der Waals surface area contributed by atoms with E-state index in [2.05, 4.69) is 52.5 Å². The maximum Gasteiger partial charge on any atom is 0.109 e. The first-order valence-electron chi connectivity index (χ1n) is 4.84. The summed E-state index contributed by atoms with van der Waals surface area (Å²) >= 11 is 0. The van der Waals surface area contributed by atoms with Crippen LogP contribution in [-0.4, -0.2) is 44.0 Å². The van der Waals surface area contributed by atoms with Crippen molar-refractivity contribution in [3.63, 3.8) is 0 Å². The van der Waals surface area contributed by atoms with Crippen molar-refractivity contribution in [2.45, 2.75) is 6.42 Å². The molecule has 0 unspecified atom stereocenters. The SMILES string of the molecule is CN=c1n[c-]nc(Cc2n[c-]nc(=NC)[nH]2)[nH]1.[Y].[Y].[Y]. The van der Waals surface area contributed by atoms with Gasteiger partial charge in [0, 0.05) is 125 Å². The molecule has 0 aliphatic heterocycles. The molecule has 97 valence electrons. The number of nitrogens with one attached hydrogen (secondary N) is 2. The first kappa shape index (κ1) is 23.2. The molecular weight excluding hydrogens is 487 g/mol. The summed E-state index contributed by atoms with van der Waals surface area (Å²) in [7, 11) is 3.27. The zero-order valence-corrected chi connectivity index (χ0v) is 19.6. The molecule has 0 amide bonds. The van der Waals surface area contributed by atoms with Crippen LogP contribution in [0.2, 0.25) is 0 Å². The van der Waals surface area contributed by atoms with Gasteiger partial charge in [0.15, 0.2) is 0 Å². The number of aromatic nitrogens is 6. The molecule has 0 spiro atoms. The van der Waals surface area contributed by atoms with Gasteiger partial charge < -0.3 is 39.9 Å². The third kappa shape index (κ3) is 7.27. The Kier molecular flexibility index (Phi) is 14.5. The topological polar surface area (TPSA) is 108 Å². The van der Waals surface area contributed by atoms with E-state index in [1.54, 1.807) is 14.1 Å². The summed E-state index contributed by atoms with van der Waals surface area (Å²) in [6.45, 7) is 0. The molecule has 2 N–H and O–H groups in total. The molecular formula is C9H10N8Y3-2. The van der Waals surface area contributed by atoms with Crippen molar-refractivity contribution >= 4 is 0 Å². The third-order valence-corrected chi connectivity index (χ3v) is 1.95. The summed E-state index contributed by atoms with van der Waals surface area (Å²) in [5, 5.41) is 0. The molecule has 0 aliphatic rings. The van der Waals surface area contributed by atoms with Crippen molar-refractivity contribution in [1.82, 2.24) is 29.9 Å². The molecule has 0 saturated carbocycles. The van der Waals surface area contributed by atoms with Crippen LogP contribution >= 0.6 is 0 Å². The maximum atomic E-state index is 3.96. The summed E-state index contributed by atoms with van der Waals surface area (Å²) in [6.07, 6.45) is 5.47. The second-order valence-corrected chi connectivity index (χ2v) is 3.06. The number of H-pyrrole nitrogens is 2. The number of aromatic amines is 2. The van der Waals surface area contributed by atoms with Crippen LogP contribution in [0.4, 0.5) is 0 Å². The van der Waals surface area contributed by atoms with E-state index in [1.165, 1.54) is 0 Å². The minimum Gasteiger partial charge on any atom is -0.419 e. The predicted octanol–water partition coefficient (Wildman–Crippen LogP) is -1.83. The van der Waals surface area contributed by atoms with E-state index < -0.39 is 0 Å². The van der Waals surface area contributed by atoms with Crippen LogP contribution in [0.25, 0.3) is 0 Å². The van der Waals surface area contributed by atoms with Crippen molar-refractivity contribution in [3.05, 3.63) is 35.5 Å². The van der Waals surface area contributed by atoms with Gasteiger partial charge in [-0.05, 0) is 18.1 Å². The van der Waals surface area contributed by atoms with Crippen LogP contribution in [-0.2, 0) is 105 Å². The van der Waals surface area contributed by atoms with Crippen molar-refractivity contribution in [1.29, 1.82) is 0 Å². The molecule has 0 saturated heterocycles. The molecule has 0 bridgehead atoms. The first-order valence-corrected chi connectivity index (χ1v) is 4.84. The molecule has 11 heteroatoms. The Morgan fingerprint density at radius 2 is 1.20 bits per heavy atom. The molecule has 3 radical (unpaired) electrons. The second-order valence-electron chi connectivity index (χ2n) is 3.06. The van der Waals surface area contributed by atoms with Crippen molar-refractivity contribution in [3.8, 4) is 0 Å². The van der Waals surface area contributed by atoms with E-state index in [4.69, 9.17) is 0 Å². The average Bonchev–Trinajstić information content (AvgIpc) is 2.39. The predicted molar refractivity (Wildman–Crippen MR) is 56.2 cm³/mol. The summed E-state index contributed by atoms with van der Waals surface area (Å²) in [5.41, 5.74) is 0.932. The molecule has 2 heterocycles. The summed E-state index contributed by atoms with van der Waals surface area (Å²) in [5.74, 6) is 1.29. The van der Waals surface area contributed by atoms with E-state index in [9.17, 15) is 0 Å².